The summed E-state index contributed by atoms with van der Waals surface area (Å²) in [5.74, 6) is 0. The van der Waals surface area contributed by atoms with Crippen LogP contribution in [0.2, 0.25) is 0 Å². The Kier molecular flexibility index (Phi) is 2.25. The van der Waals surface area contributed by atoms with Crippen LogP contribution in [0.25, 0.3) is 11.0 Å². The van der Waals surface area contributed by atoms with Gasteiger partial charge in [-0.3, -0.25) is 0 Å². The topological polar surface area (TPSA) is 52.0 Å². The molecule has 2 aromatic rings. The highest BCUT2D eigenvalue weighted by Crippen LogP contribution is 2.22. The molecular formula is C11H14N2O. The molecule has 0 aliphatic heterocycles. The Morgan fingerprint density at radius 2 is 2.29 bits per heavy atom. The standard InChI is InChI=1S/C11H14N2O/c1-3-10-9-6-8(7(2)12)4-5-11(9)14-13-10/h4-7H,3,12H2,1-2H3. The molecule has 1 aromatic heterocycles. The minimum absolute atomic E-state index is 0.0546. The number of hydrogen-bond acceptors (Lipinski definition) is 3. The zero-order chi connectivity index (χ0) is 10.1. The second-order valence-electron chi connectivity index (χ2n) is 3.53. The van der Waals surface area contributed by atoms with Crippen LogP contribution >= 0.6 is 0 Å². The maximum Gasteiger partial charge on any atom is 0.167 e. The van der Waals surface area contributed by atoms with Gasteiger partial charge in [-0.15, -0.1) is 0 Å². The first-order chi connectivity index (χ1) is 6.72. The van der Waals surface area contributed by atoms with Crippen LogP contribution in [0, 0.1) is 0 Å². The van der Waals surface area contributed by atoms with Crippen molar-refractivity contribution >= 4 is 11.0 Å². The second kappa shape index (κ2) is 3.42. The average molecular weight is 190 g/mol. The molecule has 3 heteroatoms. The minimum atomic E-state index is 0.0546. The minimum Gasteiger partial charge on any atom is -0.356 e. The van der Waals surface area contributed by atoms with Crippen LogP contribution in [0.3, 0.4) is 0 Å². The molecule has 1 atom stereocenters. The number of benzene rings is 1. The molecule has 14 heavy (non-hydrogen) atoms. The van der Waals surface area contributed by atoms with E-state index in [-0.39, 0.29) is 6.04 Å². The van der Waals surface area contributed by atoms with E-state index in [0.717, 1.165) is 28.6 Å². The van der Waals surface area contributed by atoms with Crippen LogP contribution in [0.1, 0.15) is 31.1 Å². The summed E-state index contributed by atoms with van der Waals surface area (Å²) in [5.41, 5.74) is 8.78. The Morgan fingerprint density at radius 3 is 2.93 bits per heavy atom. The van der Waals surface area contributed by atoms with Crippen LogP contribution in [0.15, 0.2) is 22.7 Å². The van der Waals surface area contributed by atoms with Crippen molar-refractivity contribution < 1.29 is 4.52 Å². The molecule has 0 bridgehead atoms. The molecule has 0 aliphatic carbocycles. The second-order valence-corrected chi connectivity index (χ2v) is 3.53. The van der Waals surface area contributed by atoms with Gasteiger partial charge in [0, 0.05) is 11.4 Å². The van der Waals surface area contributed by atoms with Crippen LogP contribution in [-0.4, -0.2) is 5.16 Å². The lowest BCUT2D eigenvalue weighted by molar-refractivity contribution is 0.447. The number of hydrogen-bond donors (Lipinski definition) is 1. The molecule has 0 radical (unpaired) electrons. The predicted molar refractivity (Wildman–Crippen MR) is 56.0 cm³/mol. The SMILES string of the molecule is CCc1noc2ccc(C(C)N)cc12. The van der Waals surface area contributed by atoms with Gasteiger partial charge in [0.05, 0.1) is 5.69 Å². The largest absolute Gasteiger partial charge is 0.356 e. The van der Waals surface area contributed by atoms with Crippen molar-refractivity contribution in [3.05, 3.63) is 29.5 Å². The summed E-state index contributed by atoms with van der Waals surface area (Å²) in [6.07, 6.45) is 0.884. The highest BCUT2D eigenvalue weighted by Gasteiger charge is 2.08. The van der Waals surface area contributed by atoms with Crippen molar-refractivity contribution in [2.24, 2.45) is 5.73 Å². The molecule has 1 heterocycles. The highest BCUT2D eigenvalue weighted by atomic mass is 16.5. The number of fused-ring (bicyclic) bond motifs is 1. The molecule has 0 fully saturated rings. The molecule has 0 aliphatic rings. The maximum atomic E-state index is 5.81. The number of rotatable bonds is 2. The van der Waals surface area contributed by atoms with Gasteiger partial charge < -0.3 is 10.3 Å². The molecule has 0 saturated carbocycles. The predicted octanol–water partition coefficient (Wildman–Crippen LogP) is 2.41. The number of aryl methyl sites for hydroxylation is 1. The third kappa shape index (κ3) is 1.40. The van der Waals surface area contributed by atoms with Crippen molar-refractivity contribution in [1.29, 1.82) is 0 Å². The van der Waals surface area contributed by atoms with Gasteiger partial charge in [-0.25, -0.2) is 0 Å². The van der Waals surface area contributed by atoms with Gasteiger partial charge in [0.15, 0.2) is 5.58 Å². The van der Waals surface area contributed by atoms with Gasteiger partial charge in [-0.2, -0.15) is 0 Å². The Balaban J connectivity index is 2.61. The van der Waals surface area contributed by atoms with Crippen molar-refractivity contribution in [3.8, 4) is 0 Å². The van der Waals surface area contributed by atoms with E-state index < -0.39 is 0 Å². The summed E-state index contributed by atoms with van der Waals surface area (Å²) in [6, 6.07) is 6.03. The Bertz CT molecular complexity index is 445. The lowest BCUT2D eigenvalue weighted by Crippen LogP contribution is -2.04. The Labute approximate surface area is 82.9 Å². The van der Waals surface area contributed by atoms with Crippen LogP contribution < -0.4 is 5.73 Å². The summed E-state index contributed by atoms with van der Waals surface area (Å²) < 4.78 is 5.18. The Morgan fingerprint density at radius 1 is 1.50 bits per heavy atom. The zero-order valence-electron chi connectivity index (χ0n) is 8.45. The summed E-state index contributed by atoms with van der Waals surface area (Å²) in [5, 5.41) is 5.08. The molecule has 2 N–H and O–H groups in total. The molecule has 2 rings (SSSR count). The monoisotopic (exact) mass is 190 g/mol. The van der Waals surface area contributed by atoms with Gasteiger partial charge in [0.2, 0.25) is 0 Å². The summed E-state index contributed by atoms with van der Waals surface area (Å²) in [6.45, 7) is 4.04. The summed E-state index contributed by atoms with van der Waals surface area (Å²) >= 11 is 0. The molecule has 0 saturated heterocycles. The summed E-state index contributed by atoms with van der Waals surface area (Å²) in [4.78, 5) is 0. The molecule has 3 nitrogen and oxygen atoms in total. The fourth-order valence-electron chi connectivity index (χ4n) is 1.54. The smallest absolute Gasteiger partial charge is 0.167 e. The van der Waals surface area contributed by atoms with Gasteiger partial charge in [0.25, 0.3) is 0 Å². The van der Waals surface area contributed by atoms with Gasteiger partial charge in [0.1, 0.15) is 0 Å². The zero-order valence-corrected chi connectivity index (χ0v) is 8.45. The van der Waals surface area contributed by atoms with Crippen molar-refractivity contribution in [3.63, 3.8) is 0 Å². The Hall–Kier alpha value is -1.35. The van der Waals surface area contributed by atoms with E-state index in [0.29, 0.717) is 0 Å². The van der Waals surface area contributed by atoms with E-state index in [4.69, 9.17) is 10.3 Å². The number of nitrogens with zero attached hydrogens (tertiary/aromatic N) is 1. The van der Waals surface area contributed by atoms with E-state index >= 15 is 0 Å². The fourth-order valence-corrected chi connectivity index (χ4v) is 1.54. The third-order valence-electron chi connectivity index (χ3n) is 2.43. The molecule has 74 valence electrons. The maximum absolute atomic E-state index is 5.81. The van der Waals surface area contributed by atoms with Crippen LogP contribution in [0.5, 0.6) is 0 Å². The normalized spacial score (nSPS) is 13.4. The molecule has 0 amide bonds. The van der Waals surface area contributed by atoms with E-state index in [1.54, 1.807) is 0 Å². The first-order valence-electron chi connectivity index (χ1n) is 4.86. The molecule has 1 unspecified atom stereocenters. The quantitative estimate of drug-likeness (QED) is 0.791. The average Bonchev–Trinajstić information content (AvgIpc) is 2.59. The van der Waals surface area contributed by atoms with Crippen LogP contribution in [0.4, 0.5) is 0 Å². The molecule has 1 aromatic carbocycles. The highest BCUT2D eigenvalue weighted by molar-refractivity contribution is 5.80. The first-order valence-corrected chi connectivity index (χ1v) is 4.86. The van der Waals surface area contributed by atoms with Gasteiger partial charge >= 0.3 is 0 Å². The fraction of sp³-hybridized carbons (Fsp3) is 0.364. The van der Waals surface area contributed by atoms with Crippen LogP contribution in [-0.2, 0) is 6.42 Å². The molecular weight excluding hydrogens is 176 g/mol. The number of aromatic nitrogens is 1. The van der Waals surface area contributed by atoms with E-state index in [1.807, 2.05) is 19.1 Å². The van der Waals surface area contributed by atoms with Crippen molar-refractivity contribution in [2.75, 3.05) is 0 Å². The van der Waals surface area contributed by atoms with E-state index in [1.165, 1.54) is 0 Å². The lowest BCUT2D eigenvalue weighted by atomic mass is 10.1. The molecule has 0 spiro atoms. The van der Waals surface area contributed by atoms with Crippen molar-refractivity contribution in [2.45, 2.75) is 26.3 Å². The lowest BCUT2D eigenvalue weighted by Gasteiger charge is -2.04. The third-order valence-corrected chi connectivity index (χ3v) is 2.43. The summed E-state index contributed by atoms with van der Waals surface area (Å²) in [7, 11) is 0. The van der Waals surface area contributed by atoms with Crippen molar-refractivity contribution in [1.82, 2.24) is 5.16 Å². The van der Waals surface area contributed by atoms with Gasteiger partial charge in [-0.05, 0) is 31.0 Å². The van der Waals surface area contributed by atoms with E-state index in [2.05, 4.69) is 18.1 Å². The number of nitrogens with two attached hydrogens (primary N) is 1. The first kappa shape index (κ1) is 9.21. The van der Waals surface area contributed by atoms with Gasteiger partial charge in [-0.1, -0.05) is 18.1 Å². The van der Waals surface area contributed by atoms with E-state index in [9.17, 15) is 0 Å².